The van der Waals surface area contributed by atoms with E-state index in [2.05, 4.69) is 5.32 Å². The van der Waals surface area contributed by atoms with Crippen molar-refractivity contribution < 1.29 is 9.53 Å². The number of ether oxygens (including phenoxy) is 1. The van der Waals surface area contributed by atoms with Gasteiger partial charge in [0.05, 0.1) is 0 Å². The number of methoxy groups -OCH3 is 1. The first kappa shape index (κ1) is 12.7. The van der Waals surface area contributed by atoms with Crippen molar-refractivity contribution in [3.05, 3.63) is 29.8 Å². The van der Waals surface area contributed by atoms with Crippen LogP contribution in [0, 0.1) is 0 Å². The zero-order valence-electron chi connectivity index (χ0n) is 9.91. The molecule has 0 saturated heterocycles. The molecule has 0 saturated carbocycles. The molecule has 16 heavy (non-hydrogen) atoms. The normalized spacial score (nSPS) is 14.2. The van der Waals surface area contributed by atoms with Crippen molar-refractivity contribution in [1.82, 2.24) is 0 Å². The Morgan fingerprint density at radius 3 is 2.75 bits per heavy atom. The molecule has 1 unspecified atom stereocenters. The van der Waals surface area contributed by atoms with Crippen molar-refractivity contribution in [3.8, 4) is 0 Å². The van der Waals surface area contributed by atoms with Crippen molar-refractivity contribution in [3.63, 3.8) is 0 Å². The molecule has 0 aliphatic heterocycles. The average Bonchev–Trinajstić information content (AvgIpc) is 2.27. The summed E-state index contributed by atoms with van der Waals surface area (Å²) in [7, 11) is 1.62. The molecule has 4 nitrogen and oxygen atoms in total. The molecular weight excluding hydrogens is 204 g/mol. The van der Waals surface area contributed by atoms with Crippen LogP contribution in [-0.4, -0.2) is 19.6 Å². The molecule has 1 rings (SSSR count). The van der Waals surface area contributed by atoms with Crippen molar-refractivity contribution in [2.24, 2.45) is 5.73 Å². The van der Waals surface area contributed by atoms with E-state index < -0.39 is 5.60 Å². The molecule has 0 bridgehead atoms. The highest BCUT2D eigenvalue weighted by Gasteiger charge is 2.24. The maximum atomic E-state index is 10.9. The summed E-state index contributed by atoms with van der Waals surface area (Å²) in [6, 6.07) is 7.50. The molecule has 0 aliphatic carbocycles. The minimum absolute atomic E-state index is 0.0935. The van der Waals surface area contributed by atoms with Crippen LogP contribution in [0.5, 0.6) is 0 Å². The van der Waals surface area contributed by atoms with Gasteiger partial charge >= 0.3 is 0 Å². The van der Waals surface area contributed by atoms with Gasteiger partial charge in [0.1, 0.15) is 5.60 Å². The van der Waals surface area contributed by atoms with Crippen molar-refractivity contribution in [2.45, 2.75) is 19.4 Å². The van der Waals surface area contributed by atoms with Gasteiger partial charge in [0, 0.05) is 26.3 Å². The van der Waals surface area contributed by atoms with E-state index in [0.717, 1.165) is 11.3 Å². The van der Waals surface area contributed by atoms with Gasteiger partial charge in [-0.2, -0.15) is 0 Å². The summed E-state index contributed by atoms with van der Waals surface area (Å²) in [6.45, 7) is 3.78. The quantitative estimate of drug-likeness (QED) is 0.810. The van der Waals surface area contributed by atoms with E-state index in [1.165, 1.54) is 6.92 Å². The van der Waals surface area contributed by atoms with E-state index in [4.69, 9.17) is 10.5 Å². The van der Waals surface area contributed by atoms with Crippen molar-refractivity contribution >= 4 is 11.6 Å². The standard InChI is InChI=1S/C12H18N2O2/c1-9(15)14-11-6-4-5-10(7-11)12(2,8-13)16-3/h4-7H,8,13H2,1-3H3,(H,14,15). The lowest BCUT2D eigenvalue weighted by atomic mass is 9.95. The molecule has 1 aromatic carbocycles. The van der Waals surface area contributed by atoms with Crippen LogP contribution in [0.1, 0.15) is 19.4 Å². The summed E-state index contributed by atoms with van der Waals surface area (Å²) in [5.74, 6) is -0.0935. The highest BCUT2D eigenvalue weighted by molar-refractivity contribution is 5.88. The third-order valence-corrected chi connectivity index (χ3v) is 2.63. The number of benzene rings is 1. The van der Waals surface area contributed by atoms with E-state index in [-0.39, 0.29) is 5.91 Å². The largest absolute Gasteiger partial charge is 0.372 e. The molecule has 0 heterocycles. The predicted molar refractivity (Wildman–Crippen MR) is 64.2 cm³/mol. The summed E-state index contributed by atoms with van der Waals surface area (Å²) in [4.78, 5) is 10.9. The van der Waals surface area contributed by atoms with Gasteiger partial charge in [-0.1, -0.05) is 12.1 Å². The first-order valence-electron chi connectivity index (χ1n) is 5.15. The van der Waals surface area contributed by atoms with Crippen LogP contribution >= 0.6 is 0 Å². The third-order valence-electron chi connectivity index (χ3n) is 2.63. The second-order valence-electron chi connectivity index (χ2n) is 3.90. The summed E-state index contributed by atoms with van der Waals surface area (Å²) >= 11 is 0. The van der Waals surface area contributed by atoms with Gasteiger partial charge in [0.2, 0.25) is 5.91 Å². The SMILES string of the molecule is COC(C)(CN)c1cccc(NC(C)=O)c1. The van der Waals surface area contributed by atoms with Gasteiger partial charge in [-0.25, -0.2) is 0 Å². The number of carbonyl (C=O) groups excluding carboxylic acids is 1. The number of nitrogens with one attached hydrogen (secondary N) is 1. The van der Waals surface area contributed by atoms with Crippen LogP contribution < -0.4 is 11.1 Å². The Kier molecular flexibility index (Phi) is 4.04. The van der Waals surface area contributed by atoms with Crippen LogP contribution in [0.4, 0.5) is 5.69 Å². The molecule has 0 fully saturated rings. The van der Waals surface area contributed by atoms with Crippen molar-refractivity contribution in [1.29, 1.82) is 0 Å². The summed E-state index contributed by atoms with van der Waals surface area (Å²) < 4.78 is 5.40. The molecule has 1 aromatic rings. The number of nitrogens with two attached hydrogens (primary N) is 1. The van der Waals surface area contributed by atoms with Crippen LogP contribution in [0.3, 0.4) is 0 Å². The predicted octanol–water partition coefficient (Wildman–Crippen LogP) is 1.47. The Balaban J connectivity index is 3.01. The van der Waals surface area contributed by atoms with Gasteiger partial charge in [-0.3, -0.25) is 4.79 Å². The lowest BCUT2D eigenvalue weighted by Crippen LogP contribution is -2.33. The summed E-state index contributed by atoms with van der Waals surface area (Å²) in [5.41, 5.74) is 6.87. The summed E-state index contributed by atoms with van der Waals surface area (Å²) in [5, 5.41) is 2.73. The van der Waals surface area contributed by atoms with Crippen LogP contribution in [0.2, 0.25) is 0 Å². The van der Waals surface area contributed by atoms with E-state index in [1.807, 2.05) is 31.2 Å². The first-order chi connectivity index (χ1) is 7.51. The minimum Gasteiger partial charge on any atom is -0.372 e. The van der Waals surface area contributed by atoms with Crippen LogP contribution in [0.25, 0.3) is 0 Å². The molecule has 1 amide bonds. The molecular formula is C12H18N2O2. The van der Waals surface area contributed by atoms with Gasteiger partial charge in [-0.15, -0.1) is 0 Å². The summed E-state index contributed by atoms with van der Waals surface area (Å²) in [6.07, 6.45) is 0. The van der Waals surface area contributed by atoms with Gasteiger partial charge in [0.25, 0.3) is 0 Å². The molecule has 3 N–H and O–H groups in total. The fourth-order valence-electron chi connectivity index (χ4n) is 1.45. The number of hydrogen-bond acceptors (Lipinski definition) is 3. The van der Waals surface area contributed by atoms with E-state index in [9.17, 15) is 4.79 Å². The minimum atomic E-state index is -0.519. The number of hydrogen-bond donors (Lipinski definition) is 2. The maximum Gasteiger partial charge on any atom is 0.221 e. The monoisotopic (exact) mass is 222 g/mol. The van der Waals surface area contributed by atoms with Crippen LogP contribution in [-0.2, 0) is 15.1 Å². The highest BCUT2D eigenvalue weighted by Crippen LogP contribution is 2.25. The van der Waals surface area contributed by atoms with Crippen molar-refractivity contribution in [2.75, 3.05) is 19.0 Å². The van der Waals surface area contributed by atoms with E-state index in [1.54, 1.807) is 7.11 Å². The fourth-order valence-corrected chi connectivity index (χ4v) is 1.45. The molecule has 0 spiro atoms. The fraction of sp³-hybridized carbons (Fsp3) is 0.417. The Morgan fingerprint density at radius 2 is 2.25 bits per heavy atom. The molecule has 88 valence electrons. The second kappa shape index (κ2) is 5.09. The maximum absolute atomic E-state index is 10.9. The Morgan fingerprint density at radius 1 is 1.56 bits per heavy atom. The molecule has 0 aliphatic rings. The Labute approximate surface area is 95.8 Å². The van der Waals surface area contributed by atoms with Gasteiger partial charge < -0.3 is 15.8 Å². The average molecular weight is 222 g/mol. The van der Waals surface area contributed by atoms with E-state index in [0.29, 0.717) is 6.54 Å². The van der Waals surface area contributed by atoms with Crippen LogP contribution in [0.15, 0.2) is 24.3 Å². The molecule has 4 heteroatoms. The first-order valence-corrected chi connectivity index (χ1v) is 5.15. The van der Waals surface area contributed by atoms with Gasteiger partial charge in [-0.05, 0) is 24.6 Å². The number of carbonyl (C=O) groups is 1. The number of rotatable bonds is 4. The zero-order chi connectivity index (χ0) is 12.2. The third kappa shape index (κ3) is 2.81. The number of anilines is 1. The molecule has 0 radical (unpaired) electrons. The lowest BCUT2D eigenvalue weighted by Gasteiger charge is -2.27. The smallest absolute Gasteiger partial charge is 0.221 e. The topological polar surface area (TPSA) is 64.3 Å². The van der Waals surface area contributed by atoms with E-state index >= 15 is 0 Å². The zero-order valence-corrected chi connectivity index (χ0v) is 9.91. The second-order valence-corrected chi connectivity index (χ2v) is 3.90. The Hall–Kier alpha value is -1.39. The molecule has 1 atom stereocenters. The van der Waals surface area contributed by atoms with Gasteiger partial charge in [0.15, 0.2) is 0 Å². The lowest BCUT2D eigenvalue weighted by molar-refractivity contribution is -0.114. The number of amides is 1. The highest BCUT2D eigenvalue weighted by atomic mass is 16.5. The Bertz CT molecular complexity index is 373. The molecule has 0 aromatic heterocycles.